The Bertz CT molecular complexity index is 645. The lowest BCUT2D eigenvalue weighted by atomic mass is 10.1. The van der Waals surface area contributed by atoms with Gasteiger partial charge in [0.1, 0.15) is 16.0 Å². The van der Waals surface area contributed by atoms with Crippen LogP contribution in [0.1, 0.15) is 15.9 Å². The summed E-state index contributed by atoms with van der Waals surface area (Å²) in [6, 6.07) is 10.9. The highest BCUT2D eigenvalue weighted by Crippen LogP contribution is 2.35. The molecule has 0 fully saturated rings. The lowest BCUT2D eigenvalue weighted by Crippen LogP contribution is -2.13. The molecule has 0 saturated heterocycles. The molecule has 0 aromatic heterocycles. The first-order valence-electron chi connectivity index (χ1n) is 6.35. The van der Waals surface area contributed by atoms with Gasteiger partial charge in [-0.1, -0.05) is 18.2 Å². The van der Waals surface area contributed by atoms with Gasteiger partial charge in [-0.2, -0.15) is 0 Å². The number of hydrogen-bond donors (Lipinski definition) is 1. The molecule has 2 aromatic carbocycles. The van der Waals surface area contributed by atoms with Crippen molar-refractivity contribution < 1.29 is 14.3 Å². The zero-order valence-corrected chi connectivity index (χ0v) is 13.7. The summed E-state index contributed by atoms with van der Waals surface area (Å²) in [4.78, 5) is 12.4. The zero-order valence-electron chi connectivity index (χ0n) is 12.1. The molecule has 5 heteroatoms. The highest BCUT2D eigenvalue weighted by atomic mass is 79.9. The van der Waals surface area contributed by atoms with Crippen molar-refractivity contribution in [1.29, 1.82) is 0 Å². The van der Waals surface area contributed by atoms with E-state index in [4.69, 9.17) is 9.47 Å². The van der Waals surface area contributed by atoms with E-state index in [1.807, 2.05) is 31.2 Å². The minimum atomic E-state index is -0.214. The number of amides is 1. The summed E-state index contributed by atoms with van der Waals surface area (Å²) in [7, 11) is 3.09. The molecule has 0 aliphatic carbocycles. The number of aryl methyl sites for hydroxylation is 1. The van der Waals surface area contributed by atoms with E-state index in [0.717, 1.165) is 11.3 Å². The van der Waals surface area contributed by atoms with Gasteiger partial charge in [-0.15, -0.1) is 0 Å². The molecule has 2 rings (SSSR count). The number of ether oxygens (including phenoxy) is 2. The van der Waals surface area contributed by atoms with E-state index in [9.17, 15) is 4.79 Å². The van der Waals surface area contributed by atoms with Gasteiger partial charge in [0.05, 0.1) is 14.2 Å². The topological polar surface area (TPSA) is 47.6 Å². The van der Waals surface area contributed by atoms with Crippen molar-refractivity contribution in [2.45, 2.75) is 6.92 Å². The minimum absolute atomic E-state index is 0.214. The summed E-state index contributed by atoms with van der Waals surface area (Å²) >= 11 is 3.38. The van der Waals surface area contributed by atoms with Gasteiger partial charge < -0.3 is 14.8 Å². The molecule has 0 atom stereocenters. The third kappa shape index (κ3) is 3.36. The molecule has 21 heavy (non-hydrogen) atoms. The van der Waals surface area contributed by atoms with Gasteiger partial charge >= 0.3 is 0 Å². The van der Waals surface area contributed by atoms with Crippen molar-refractivity contribution >= 4 is 27.5 Å². The SMILES string of the molecule is COc1cc(C(=O)Nc2ccccc2C)cc(OC)c1Br. The third-order valence-corrected chi connectivity index (χ3v) is 3.88. The average molecular weight is 350 g/mol. The number of anilines is 1. The third-order valence-electron chi connectivity index (χ3n) is 3.10. The first kappa shape index (κ1) is 15.4. The normalized spacial score (nSPS) is 10.1. The van der Waals surface area contributed by atoms with E-state index in [0.29, 0.717) is 21.5 Å². The molecule has 0 bridgehead atoms. The van der Waals surface area contributed by atoms with E-state index in [1.165, 1.54) is 0 Å². The molecule has 1 amide bonds. The number of carbonyl (C=O) groups is 1. The van der Waals surface area contributed by atoms with Gasteiger partial charge in [-0.25, -0.2) is 0 Å². The second-order valence-corrected chi connectivity index (χ2v) is 5.26. The molecule has 0 spiro atoms. The molecule has 2 aromatic rings. The maximum Gasteiger partial charge on any atom is 0.255 e. The summed E-state index contributed by atoms with van der Waals surface area (Å²) in [6.07, 6.45) is 0. The molecule has 0 aliphatic heterocycles. The van der Waals surface area contributed by atoms with Gasteiger partial charge in [0, 0.05) is 11.3 Å². The number of rotatable bonds is 4. The van der Waals surface area contributed by atoms with E-state index >= 15 is 0 Å². The van der Waals surface area contributed by atoms with E-state index in [1.54, 1.807) is 26.4 Å². The fourth-order valence-corrected chi connectivity index (χ4v) is 2.46. The highest BCUT2D eigenvalue weighted by Gasteiger charge is 2.15. The maximum absolute atomic E-state index is 12.4. The van der Waals surface area contributed by atoms with Crippen LogP contribution in [0.25, 0.3) is 0 Å². The second-order valence-electron chi connectivity index (χ2n) is 4.46. The van der Waals surface area contributed by atoms with Gasteiger partial charge in [0.15, 0.2) is 0 Å². The summed E-state index contributed by atoms with van der Waals surface area (Å²) in [6.45, 7) is 1.94. The Labute approximate surface area is 132 Å². The molecule has 0 unspecified atom stereocenters. The van der Waals surface area contributed by atoms with Crippen LogP contribution in [0.3, 0.4) is 0 Å². The number of hydrogen-bond acceptors (Lipinski definition) is 3. The Hall–Kier alpha value is -2.01. The van der Waals surface area contributed by atoms with Crippen molar-refractivity contribution in [2.75, 3.05) is 19.5 Å². The Balaban J connectivity index is 2.33. The monoisotopic (exact) mass is 349 g/mol. The standard InChI is InChI=1S/C16H16BrNO3/c1-10-6-4-5-7-12(10)18-16(19)11-8-13(20-2)15(17)14(9-11)21-3/h4-9H,1-3H3,(H,18,19). The van der Waals surface area contributed by atoms with Crippen LogP contribution in [0.4, 0.5) is 5.69 Å². The Morgan fingerprint density at radius 1 is 1.10 bits per heavy atom. The Morgan fingerprint density at radius 2 is 1.67 bits per heavy atom. The Kier molecular flexibility index (Phi) is 4.85. The van der Waals surface area contributed by atoms with Crippen molar-refractivity contribution in [3.63, 3.8) is 0 Å². The largest absolute Gasteiger partial charge is 0.495 e. The van der Waals surface area contributed by atoms with Crippen LogP contribution < -0.4 is 14.8 Å². The van der Waals surface area contributed by atoms with Crippen LogP contribution >= 0.6 is 15.9 Å². The van der Waals surface area contributed by atoms with Crippen LogP contribution in [0.5, 0.6) is 11.5 Å². The molecule has 0 heterocycles. The Morgan fingerprint density at radius 3 is 2.19 bits per heavy atom. The van der Waals surface area contributed by atoms with Crippen LogP contribution in [0.2, 0.25) is 0 Å². The molecular weight excluding hydrogens is 334 g/mol. The molecule has 0 radical (unpaired) electrons. The number of para-hydroxylation sites is 1. The van der Waals surface area contributed by atoms with Crippen molar-refractivity contribution in [1.82, 2.24) is 0 Å². The molecule has 0 aliphatic rings. The quantitative estimate of drug-likeness (QED) is 0.906. The fraction of sp³-hybridized carbons (Fsp3) is 0.188. The van der Waals surface area contributed by atoms with Gasteiger partial charge in [-0.05, 0) is 46.6 Å². The number of methoxy groups -OCH3 is 2. The van der Waals surface area contributed by atoms with Crippen LogP contribution in [0.15, 0.2) is 40.9 Å². The first-order valence-corrected chi connectivity index (χ1v) is 7.14. The average Bonchev–Trinajstić information content (AvgIpc) is 2.49. The summed E-state index contributed by atoms with van der Waals surface area (Å²) in [5.74, 6) is 0.877. The number of halogens is 1. The van der Waals surface area contributed by atoms with Crippen molar-refractivity contribution in [2.24, 2.45) is 0 Å². The lowest BCUT2D eigenvalue weighted by molar-refractivity contribution is 0.102. The summed E-state index contributed by atoms with van der Waals surface area (Å²) < 4.78 is 11.2. The minimum Gasteiger partial charge on any atom is -0.495 e. The van der Waals surface area contributed by atoms with E-state index in [-0.39, 0.29) is 5.91 Å². The molecule has 4 nitrogen and oxygen atoms in total. The maximum atomic E-state index is 12.4. The zero-order chi connectivity index (χ0) is 15.4. The molecular formula is C16H16BrNO3. The molecule has 0 saturated carbocycles. The van der Waals surface area contributed by atoms with Gasteiger partial charge in [0.25, 0.3) is 5.91 Å². The van der Waals surface area contributed by atoms with Crippen LogP contribution in [-0.4, -0.2) is 20.1 Å². The van der Waals surface area contributed by atoms with E-state index < -0.39 is 0 Å². The molecule has 110 valence electrons. The van der Waals surface area contributed by atoms with Gasteiger partial charge in [-0.3, -0.25) is 4.79 Å². The number of nitrogens with one attached hydrogen (secondary N) is 1. The van der Waals surface area contributed by atoms with Crippen LogP contribution in [0, 0.1) is 6.92 Å². The first-order chi connectivity index (χ1) is 10.1. The van der Waals surface area contributed by atoms with Gasteiger partial charge in [0.2, 0.25) is 0 Å². The van der Waals surface area contributed by atoms with Crippen molar-refractivity contribution in [3.05, 3.63) is 52.0 Å². The lowest BCUT2D eigenvalue weighted by Gasteiger charge is -2.12. The fourth-order valence-electron chi connectivity index (χ4n) is 1.91. The van der Waals surface area contributed by atoms with Crippen LogP contribution in [-0.2, 0) is 0 Å². The molecule has 1 N–H and O–H groups in total. The predicted molar refractivity (Wildman–Crippen MR) is 86.4 cm³/mol. The second kappa shape index (κ2) is 6.63. The smallest absolute Gasteiger partial charge is 0.255 e. The highest BCUT2D eigenvalue weighted by molar-refractivity contribution is 9.10. The number of carbonyl (C=O) groups excluding carboxylic acids is 1. The number of benzene rings is 2. The predicted octanol–water partition coefficient (Wildman–Crippen LogP) is 4.03. The van der Waals surface area contributed by atoms with Crippen molar-refractivity contribution in [3.8, 4) is 11.5 Å². The van der Waals surface area contributed by atoms with E-state index in [2.05, 4.69) is 21.2 Å². The summed E-state index contributed by atoms with van der Waals surface area (Å²) in [5.41, 5.74) is 2.25. The summed E-state index contributed by atoms with van der Waals surface area (Å²) in [5, 5.41) is 2.88.